The molecule has 2 aliphatic rings. The van der Waals surface area contributed by atoms with Crippen LogP contribution in [0.1, 0.15) is 42.0 Å². The van der Waals surface area contributed by atoms with Crippen molar-refractivity contribution in [3.63, 3.8) is 0 Å². The summed E-state index contributed by atoms with van der Waals surface area (Å²) in [5.74, 6) is 1.77. The van der Waals surface area contributed by atoms with E-state index in [1.165, 1.54) is 61.1 Å². The van der Waals surface area contributed by atoms with Crippen LogP contribution >= 0.6 is 0 Å². The van der Waals surface area contributed by atoms with Crippen LogP contribution in [-0.4, -0.2) is 34.6 Å². The number of hydrogen-bond acceptors (Lipinski definition) is 2. The second-order valence-corrected chi connectivity index (χ2v) is 8.43. The van der Waals surface area contributed by atoms with Crippen LogP contribution in [0.4, 0.5) is 0 Å². The van der Waals surface area contributed by atoms with E-state index < -0.39 is 0 Å². The Bertz CT molecular complexity index is 930. The van der Waals surface area contributed by atoms with Crippen molar-refractivity contribution in [2.75, 3.05) is 19.6 Å². The highest BCUT2D eigenvalue weighted by Gasteiger charge is 2.27. The molecule has 140 valence electrons. The maximum Gasteiger partial charge on any atom is 0.117 e. The Morgan fingerprint density at radius 2 is 1.96 bits per heavy atom. The predicted molar refractivity (Wildman–Crippen MR) is 110 cm³/mol. The highest BCUT2D eigenvalue weighted by Crippen LogP contribution is 2.34. The van der Waals surface area contributed by atoms with Gasteiger partial charge in [-0.05, 0) is 73.7 Å². The zero-order valence-electron chi connectivity index (χ0n) is 15.8. The quantitative estimate of drug-likeness (QED) is 0.700. The maximum atomic E-state index is 9.75. The summed E-state index contributed by atoms with van der Waals surface area (Å²) >= 11 is 0. The summed E-state index contributed by atoms with van der Waals surface area (Å²) in [6.45, 7) is 3.66. The fourth-order valence-electron chi connectivity index (χ4n) is 5.22. The lowest BCUT2D eigenvalue weighted by Crippen LogP contribution is -2.39. The maximum absolute atomic E-state index is 9.75. The molecule has 1 aromatic heterocycles. The van der Waals surface area contributed by atoms with Crippen LogP contribution < -0.4 is 0 Å². The standard InChI is InChI=1S/C24H28N2O/c27-20-9-10-21-22-13-17(8-11-23(22)25-24(21)14-20)15-26-12-4-7-19(16-26)18-5-2-1-3-6-18/h1-3,5-6,9-10,14,17,19,25,27H,4,7-8,11-13,15-16H2. The molecule has 1 fully saturated rings. The van der Waals surface area contributed by atoms with E-state index in [1.54, 1.807) is 0 Å². The summed E-state index contributed by atoms with van der Waals surface area (Å²) < 4.78 is 0. The molecule has 2 N–H and O–H groups in total. The summed E-state index contributed by atoms with van der Waals surface area (Å²) in [5, 5.41) is 11.1. The lowest BCUT2D eigenvalue weighted by molar-refractivity contribution is 0.172. The molecule has 2 unspecified atom stereocenters. The van der Waals surface area contributed by atoms with Crippen molar-refractivity contribution in [1.82, 2.24) is 9.88 Å². The zero-order chi connectivity index (χ0) is 18.2. The molecule has 1 aliphatic heterocycles. The number of rotatable bonds is 3. The van der Waals surface area contributed by atoms with Crippen LogP contribution in [0.5, 0.6) is 5.75 Å². The first-order valence-corrected chi connectivity index (χ1v) is 10.4. The Hall–Kier alpha value is -2.26. The van der Waals surface area contributed by atoms with E-state index in [2.05, 4.69) is 46.3 Å². The molecule has 3 aromatic rings. The molecule has 1 saturated heterocycles. The minimum atomic E-state index is 0.345. The lowest BCUT2D eigenvalue weighted by atomic mass is 9.84. The van der Waals surface area contributed by atoms with Gasteiger partial charge in [0.1, 0.15) is 5.75 Å². The van der Waals surface area contributed by atoms with Crippen molar-refractivity contribution >= 4 is 10.9 Å². The number of benzene rings is 2. The monoisotopic (exact) mass is 360 g/mol. The average molecular weight is 361 g/mol. The van der Waals surface area contributed by atoms with E-state index in [9.17, 15) is 5.11 Å². The number of phenols is 1. The van der Waals surface area contributed by atoms with Crippen LogP contribution in [0.3, 0.4) is 0 Å². The largest absolute Gasteiger partial charge is 0.508 e. The van der Waals surface area contributed by atoms with Gasteiger partial charge < -0.3 is 15.0 Å². The Morgan fingerprint density at radius 3 is 2.85 bits per heavy atom. The van der Waals surface area contributed by atoms with E-state index >= 15 is 0 Å². The fraction of sp³-hybridized carbons (Fsp3) is 0.417. The van der Waals surface area contributed by atoms with Gasteiger partial charge in [-0.3, -0.25) is 0 Å². The van der Waals surface area contributed by atoms with Crippen LogP contribution in [-0.2, 0) is 12.8 Å². The van der Waals surface area contributed by atoms with E-state index in [4.69, 9.17) is 0 Å². The summed E-state index contributed by atoms with van der Waals surface area (Å²) in [6.07, 6.45) is 6.18. The third kappa shape index (κ3) is 3.37. The van der Waals surface area contributed by atoms with Gasteiger partial charge in [0.15, 0.2) is 0 Å². The van der Waals surface area contributed by atoms with Gasteiger partial charge in [-0.25, -0.2) is 0 Å². The number of H-pyrrole nitrogens is 1. The summed E-state index contributed by atoms with van der Waals surface area (Å²) in [6, 6.07) is 16.8. The molecule has 0 amide bonds. The molecule has 0 radical (unpaired) electrons. The van der Waals surface area contributed by atoms with E-state index in [1.807, 2.05) is 12.1 Å². The Balaban J connectivity index is 1.29. The lowest BCUT2D eigenvalue weighted by Gasteiger charge is -2.36. The zero-order valence-corrected chi connectivity index (χ0v) is 15.8. The molecule has 0 saturated carbocycles. The fourth-order valence-corrected chi connectivity index (χ4v) is 5.22. The number of nitrogens with one attached hydrogen (secondary N) is 1. The molecular weight excluding hydrogens is 332 g/mol. The summed E-state index contributed by atoms with van der Waals surface area (Å²) in [5.41, 5.74) is 5.46. The van der Waals surface area contributed by atoms with Gasteiger partial charge in [0, 0.05) is 35.8 Å². The number of hydrogen-bond donors (Lipinski definition) is 2. The average Bonchev–Trinajstić information content (AvgIpc) is 3.06. The highest BCUT2D eigenvalue weighted by molar-refractivity contribution is 5.86. The molecule has 5 rings (SSSR count). The van der Waals surface area contributed by atoms with Gasteiger partial charge >= 0.3 is 0 Å². The van der Waals surface area contributed by atoms with Crippen LogP contribution in [0, 0.1) is 5.92 Å². The second-order valence-electron chi connectivity index (χ2n) is 8.43. The topological polar surface area (TPSA) is 39.3 Å². The first kappa shape index (κ1) is 16.9. The van der Waals surface area contributed by atoms with Gasteiger partial charge in [-0.2, -0.15) is 0 Å². The van der Waals surface area contributed by atoms with Crippen LogP contribution in [0.25, 0.3) is 10.9 Å². The van der Waals surface area contributed by atoms with Crippen molar-refractivity contribution < 1.29 is 5.11 Å². The molecule has 3 heteroatoms. The number of aromatic hydroxyl groups is 1. The van der Waals surface area contributed by atoms with Crippen molar-refractivity contribution in [2.24, 2.45) is 5.92 Å². The van der Waals surface area contributed by atoms with Gasteiger partial charge in [0.05, 0.1) is 0 Å². The van der Waals surface area contributed by atoms with Crippen LogP contribution in [0.2, 0.25) is 0 Å². The highest BCUT2D eigenvalue weighted by atomic mass is 16.3. The van der Waals surface area contributed by atoms with Gasteiger partial charge in [0.2, 0.25) is 0 Å². The number of likely N-dealkylation sites (tertiary alicyclic amines) is 1. The first-order valence-electron chi connectivity index (χ1n) is 10.4. The van der Waals surface area contributed by atoms with E-state index in [0.717, 1.165) is 24.3 Å². The van der Waals surface area contributed by atoms with Gasteiger partial charge in [-0.1, -0.05) is 30.3 Å². The number of aryl methyl sites for hydroxylation is 1. The molecule has 3 nitrogen and oxygen atoms in total. The Morgan fingerprint density at radius 1 is 1.07 bits per heavy atom. The second kappa shape index (κ2) is 7.05. The van der Waals surface area contributed by atoms with Crippen molar-refractivity contribution in [3.05, 3.63) is 65.4 Å². The number of nitrogens with zero attached hydrogens (tertiary/aromatic N) is 1. The number of aromatic amines is 1. The molecule has 2 atom stereocenters. The molecule has 0 bridgehead atoms. The van der Waals surface area contributed by atoms with Gasteiger partial charge in [-0.15, -0.1) is 0 Å². The molecule has 2 heterocycles. The molecule has 27 heavy (non-hydrogen) atoms. The summed E-state index contributed by atoms with van der Waals surface area (Å²) in [4.78, 5) is 6.24. The Labute approximate surface area is 161 Å². The minimum absolute atomic E-state index is 0.345. The van der Waals surface area contributed by atoms with E-state index in [0.29, 0.717) is 11.7 Å². The summed E-state index contributed by atoms with van der Waals surface area (Å²) in [7, 11) is 0. The number of piperidine rings is 1. The van der Waals surface area contributed by atoms with Crippen molar-refractivity contribution in [1.29, 1.82) is 0 Å². The normalized spacial score (nSPS) is 23.4. The van der Waals surface area contributed by atoms with Crippen molar-refractivity contribution in [3.8, 4) is 5.75 Å². The molecular formula is C24H28N2O. The van der Waals surface area contributed by atoms with Gasteiger partial charge in [0.25, 0.3) is 0 Å². The predicted octanol–water partition coefficient (Wildman–Crippen LogP) is 4.86. The van der Waals surface area contributed by atoms with Crippen molar-refractivity contribution in [2.45, 2.75) is 38.0 Å². The number of fused-ring (bicyclic) bond motifs is 3. The molecule has 2 aromatic carbocycles. The minimum Gasteiger partial charge on any atom is -0.508 e. The molecule has 1 aliphatic carbocycles. The third-order valence-corrected chi connectivity index (χ3v) is 6.57. The SMILES string of the molecule is Oc1ccc2c3c([nH]c2c1)CCC(CN1CCCC(c2ccccc2)C1)C3. The third-order valence-electron chi connectivity index (χ3n) is 6.57. The molecule has 0 spiro atoms. The number of phenolic OH excluding ortho intramolecular Hbond substituents is 1. The van der Waals surface area contributed by atoms with E-state index in [-0.39, 0.29) is 0 Å². The van der Waals surface area contributed by atoms with Crippen LogP contribution in [0.15, 0.2) is 48.5 Å². The Kier molecular flexibility index (Phi) is 4.41. The number of aromatic nitrogens is 1. The smallest absolute Gasteiger partial charge is 0.117 e. The first-order chi connectivity index (χ1) is 13.3.